The predicted octanol–water partition coefficient (Wildman–Crippen LogP) is 2.90. The fourth-order valence-electron chi connectivity index (χ4n) is 1.02. The van der Waals surface area contributed by atoms with Crippen LogP contribution in [0.1, 0.15) is 18.9 Å². The number of nitrogens with zero attached hydrogens (tertiary/aromatic N) is 1. The van der Waals surface area contributed by atoms with Gasteiger partial charge in [-0.3, -0.25) is 0 Å². The first-order valence-corrected chi connectivity index (χ1v) is 5.63. The molecule has 3 heteroatoms. The Morgan fingerprint density at radius 3 is 2.85 bits per heavy atom. The van der Waals surface area contributed by atoms with Gasteiger partial charge in [0.2, 0.25) is 5.88 Å². The number of hydrogen-bond donors (Lipinski definition) is 0. The molecule has 0 amide bonds. The van der Waals surface area contributed by atoms with Crippen molar-refractivity contribution in [3.05, 3.63) is 17.8 Å². The number of ether oxygens (including phenoxy) is 1. The van der Waals surface area contributed by atoms with E-state index in [0.717, 1.165) is 18.9 Å². The zero-order chi connectivity index (χ0) is 9.68. The monoisotopic (exact) mass is 197 g/mol. The molecular weight excluding hydrogens is 182 g/mol. The molecule has 0 N–H and O–H groups in total. The van der Waals surface area contributed by atoms with Crippen LogP contribution in [0.15, 0.2) is 17.2 Å². The minimum Gasteiger partial charge on any atom is -0.478 e. The van der Waals surface area contributed by atoms with Gasteiger partial charge in [0, 0.05) is 17.2 Å². The van der Waals surface area contributed by atoms with Crippen molar-refractivity contribution in [2.45, 2.75) is 25.2 Å². The molecule has 0 atom stereocenters. The minimum atomic E-state index is 0.733. The average molecular weight is 197 g/mol. The van der Waals surface area contributed by atoms with Crippen molar-refractivity contribution in [3.63, 3.8) is 0 Å². The number of pyridine rings is 1. The van der Waals surface area contributed by atoms with E-state index in [1.54, 1.807) is 11.8 Å². The number of rotatable bonds is 4. The van der Waals surface area contributed by atoms with Crippen LogP contribution in [0.5, 0.6) is 5.88 Å². The number of aryl methyl sites for hydroxylation is 1. The molecule has 0 aliphatic carbocycles. The summed E-state index contributed by atoms with van der Waals surface area (Å²) in [5.41, 5.74) is 1.23. The van der Waals surface area contributed by atoms with E-state index >= 15 is 0 Å². The van der Waals surface area contributed by atoms with Gasteiger partial charge in [-0.2, -0.15) is 0 Å². The summed E-state index contributed by atoms with van der Waals surface area (Å²) >= 11 is 1.71. The summed E-state index contributed by atoms with van der Waals surface area (Å²) in [6, 6.07) is 1.99. The molecule has 1 heterocycles. The first-order valence-electron chi connectivity index (χ1n) is 4.41. The summed E-state index contributed by atoms with van der Waals surface area (Å²) in [4.78, 5) is 5.42. The lowest BCUT2D eigenvalue weighted by Crippen LogP contribution is -1.97. The van der Waals surface area contributed by atoms with Gasteiger partial charge in [0.05, 0.1) is 6.61 Å². The van der Waals surface area contributed by atoms with E-state index in [2.05, 4.69) is 25.1 Å². The number of aromatic nitrogens is 1. The fourth-order valence-corrected chi connectivity index (χ4v) is 1.56. The lowest BCUT2D eigenvalue weighted by atomic mass is 10.3. The van der Waals surface area contributed by atoms with E-state index in [1.807, 2.05) is 12.3 Å². The molecule has 2 nitrogen and oxygen atoms in total. The molecule has 0 bridgehead atoms. The van der Waals surface area contributed by atoms with Crippen LogP contribution in [0.3, 0.4) is 0 Å². The van der Waals surface area contributed by atoms with Gasteiger partial charge in [0.15, 0.2) is 0 Å². The fraction of sp³-hybridized carbons (Fsp3) is 0.500. The Balaban J connectivity index is 2.71. The van der Waals surface area contributed by atoms with Crippen LogP contribution >= 0.6 is 11.8 Å². The van der Waals surface area contributed by atoms with Gasteiger partial charge in [-0.15, -0.1) is 11.8 Å². The topological polar surface area (TPSA) is 22.1 Å². The molecule has 0 radical (unpaired) electrons. The number of hydrogen-bond acceptors (Lipinski definition) is 3. The molecule has 1 rings (SSSR count). The highest BCUT2D eigenvalue weighted by atomic mass is 32.2. The van der Waals surface area contributed by atoms with Crippen molar-refractivity contribution in [1.29, 1.82) is 0 Å². The van der Waals surface area contributed by atoms with Gasteiger partial charge in [0.1, 0.15) is 0 Å². The molecule has 0 saturated heterocycles. The SMILES string of the molecule is CCCOc1cc(C)c(SC)cn1. The smallest absolute Gasteiger partial charge is 0.213 e. The van der Waals surface area contributed by atoms with E-state index in [4.69, 9.17) is 4.74 Å². The summed E-state index contributed by atoms with van der Waals surface area (Å²) in [5, 5.41) is 0. The third kappa shape index (κ3) is 2.92. The highest BCUT2D eigenvalue weighted by Gasteiger charge is 2.00. The molecule has 0 spiro atoms. The van der Waals surface area contributed by atoms with E-state index in [1.165, 1.54) is 10.5 Å². The molecule has 0 aliphatic heterocycles. The van der Waals surface area contributed by atoms with Crippen LogP contribution in [0, 0.1) is 6.92 Å². The van der Waals surface area contributed by atoms with Gasteiger partial charge in [0.25, 0.3) is 0 Å². The molecule has 1 aromatic heterocycles. The van der Waals surface area contributed by atoms with Crippen molar-refractivity contribution in [3.8, 4) is 5.88 Å². The van der Waals surface area contributed by atoms with Crippen LogP contribution in [0.2, 0.25) is 0 Å². The quantitative estimate of drug-likeness (QED) is 0.693. The maximum absolute atomic E-state index is 5.42. The van der Waals surface area contributed by atoms with Crippen molar-refractivity contribution in [1.82, 2.24) is 4.98 Å². The highest BCUT2D eigenvalue weighted by molar-refractivity contribution is 7.98. The molecule has 0 aliphatic rings. The van der Waals surface area contributed by atoms with E-state index in [-0.39, 0.29) is 0 Å². The second-order valence-electron chi connectivity index (χ2n) is 2.84. The van der Waals surface area contributed by atoms with Crippen LogP contribution in [0.25, 0.3) is 0 Å². The van der Waals surface area contributed by atoms with Gasteiger partial charge < -0.3 is 4.74 Å². The average Bonchev–Trinajstić information content (AvgIpc) is 2.15. The van der Waals surface area contributed by atoms with Crippen molar-refractivity contribution < 1.29 is 4.74 Å². The second-order valence-corrected chi connectivity index (χ2v) is 3.69. The van der Waals surface area contributed by atoms with Gasteiger partial charge >= 0.3 is 0 Å². The molecule has 1 aromatic rings. The first-order chi connectivity index (χ1) is 6.27. The Labute approximate surface area is 83.7 Å². The Bertz CT molecular complexity index is 276. The van der Waals surface area contributed by atoms with Crippen LogP contribution in [0.4, 0.5) is 0 Å². The summed E-state index contributed by atoms with van der Waals surface area (Å²) < 4.78 is 5.42. The third-order valence-electron chi connectivity index (χ3n) is 1.71. The van der Waals surface area contributed by atoms with E-state index in [9.17, 15) is 0 Å². The maximum Gasteiger partial charge on any atom is 0.213 e. The zero-order valence-electron chi connectivity index (χ0n) is 8.33. The minimum absolute atomic E-state index is 0.733. The molecule has 0 saturated carbocycles. The highest BCUT2D eigenvalue weighted by Crippen LogP contribution is 2.21. The maximum atomic E-state index is 5.42. The third-order valence-corrected chi connectivity index (χ3v) is 2.58. The predicted molar refractivity (Wildman–Crippen MR) is 56.5 cm³/mol. The number of thioether (sulfide) groups is 1. The molecular formula is C10H15NOS. The van der Waals surface area contributed by atoms with Crippen LogP contribution < -0.4 is 4.74 Å². The molecule has 0 unspecified atom stereocenters. The van der Waals surface area contributed by atoms with Gasteiger partial charge in [-0.25, -0.2) is 4.98 Å². The van der Waals surface area contributed by atoms with Crippen LogP contribution in [-0.4, -0.2) is 17.8 Å². The van der Waals surface area contributed by atoms with Crippen molar-refractivity contribution in [2.75, 3.05) is 12.9 Å². The summed E-state index contributed by atoms with van der Waals surface area (Å²) in [6.45, 7) is 4.90. The van der Waals surface area contributed by atoms with E-state index in [0.29, 0.717) is 0 Å². The van der Waals surface area contributed by atoms with Gasteiger partial charge in [-0.05, 0) is 25.2 Å². The van der Waals surface area contributed by atoms with Crippen LogP contribution in [-0.2, 0) is 0 Å². The summed E-state index contributed by atoms with van der Waals surface area (Å²) in [7, 11) is 0. The largest absolute Gasteiger partial charge is 0.478 e. The molecule has 13 heavy (non-hydrogen) atoms. The summed E-state index contributed by atoms with van der Waals surface area (Å²) in [6.07, 6.45) is 4.94. The Morgan fingerprint density at radius 2 is 2.31 bits per heavy atom. The first kappa shape index (κ1) is 10.4. The second kappa shape index (κ2) is 5.12. The molecule has 72 valence electrons. The normalized spacial score (nSPS) is 10.1. The molecule has 0 fully saturated rings. The Morgan fingerprint density at radius 1 is 1.54 bits per heavy atom. The van der Waals surface area contributed by atoms with E-state index < -0.39 is 0 Å². The zero-order valence-corrected chi connectivity index (χ0v) is 9.15. The standard InChI is InChI=1S/C10H15NOS/c1-4-5-12-10-6-8(2)9(13-3)7-11-10/h6-7H,4-5H2,1-3H3. The van der Waals surface area contributed by atoms with Crippen molar-refractivity contribution in [2.24, 2.45) is 0 Å². The van der Waals surface area contributed by atoms with Gasteiger partial charge in [-0.1, -0.05) is 6.92 Å². The molecule has 0 aromatic carbocycles. The lowest BCUT2D eigenvalue weighted by Gasteiger charge is -2.06. The Hall–Kier alpha value is -0.700. The Kier molecular flexibility index (Phi) is 4.09. The lowest BCUT2D eigenvalue weighted by molar-refractivity contribution is 0.304. The summed E-state index contributed by atoms with van der Waals surface area (Å²) in [5.74, 6) is 0.733. The van der Waals surface area contributed by atoms with Crippen molar-refractivity contribution >= 4 is 11.8 Å².